The number of aryl methyl sites for hydroxylation is 1. The van der Waals surface area contributed by atoms with Crippen LogP contribution in [0.2, 0.25) is 0 Å². The van der Waals surface area contributed by atoms with E-state index in [4.69, 9.17) is 10.5 Å². The zero-order chi connectivity index (χ0) is 8.39. The summed E-state index contributed by atoms with van der Waals surface area (Å²) in [5.74, 6) is 0. The molecule has 0 amide bonds. The van der Waals surface area contributed by atoms with E-state index in [1.54, 1.807) is 11.3 Å². The standard InChI is InChI=1S/C9H13NOS/c10-6-8-9-7(3-5-12-9)2-1-4-11-8/h3,5,8H,1-2,4,6,10H2/t8-/m0/s1. The summed E-state index contributed by atoms with van der Waals surface area (Å²) in [6.45, 7) is 1.46. The predicted octanol–water partition coefficient (Wildman–Crippen LogP) is 1.71. The van der Waals surface area contributed by atoms with Crippen LogP contribution < -0.4 is 5.73 Å². The fourth-order valence-electron chi connectivity index (χ4n) is 1.58. The molecular formula is C9H13NOS. The van der Waals surface area contributed by atoms with Crippen LogP contribution in [0.15, 0.2) is 11.4 Å². The molecule has 2 nitrogen and oxygen atoms in total. The summed E-state index contributed by atoms with van der Waals surface area (Å²) in [5, 5.41) is 2.13. The zero-order valence-corrected chi connectivity index (χ0v) is 7.77. The van der Waals surface area contributed by atoms with Crippen LogP contribution in [0.25, 0.3) is 0 Å². The molecule has 0 bridgehead atoms. The third-order valence-electron chi connectivity index (χ3n) is 2.20. The predicted molar refractivity (Wildman–Crippen MR) is 50.4 cm³/mol. The van der Waals surface area contributed by atoms with Crippen molar-refractivity contribution in [2.45, 2.75) is 18.9 Å². The molecule has 2 N–H and O–H groups in total. The first-order chi connectivity index (χ1) is 5.92. The lowest BCUT2D eigenvalue weighted by molar-refractivity contribution is 0.0648. The van der Waals surface area contributed by atoms with Crippen molar-refractivity contribution in [1.29, 1.82) is 0 Å². The molecule has 1 aromatic heterocycles. The molecule has 1 aromatic rings. The van der Waals surface area contributed by atoms with E-state index in [9.17, 15) is 0 Å². The monoisotopic (exact) mass is 183 g/mol. The SMILES string of the molecule is NC[C@@H]1OCCCc2ccsc21. The van der Waals surface area contributed by atoms with Crippen LogP contribution in [0.1, 0.15) is 23.0 Å². The average Bonchev–Trinajstić information content (AvgIpc) is 2.46. The normalized spacial score (nSPS) is 23.2. The minimum atomic E-state index is 0.155. The van der Waals surface area contributed by atoms with Crippen LogP contribution in [0.4, 0.5) is 0 Å². The first-order valence-electron chi connectivity index (χ1n) is 4.29. The van der Waals surface area contributed by atoms with E-state index in [1.807, 2.05) is 0 Å². The van der Waals surface area contributed by atoms with Crippen LogP contribution in [0.3, 0.4) is 0 Å². The number of fused-ring (bicyclic) bond motifs is 1. The number of hydrogen-bond donors (Lipinski definition) is 1. The molecule has 0 aromatic carbocycles. The summed E-state index contributed by atoms with van der Waals surface area (Å²) < 4.78 is 5.62. The Kier molecular flexibility index (Phi) is 2.44. The fraction of sp³-hybridized carbons (Fsp3) is 0.556. The van der Waals surface area contributed by atoms with E-state index >= 15 is 0 Å². The van der Waals surface area contributed by atoms with Gasteiger partial charge in [-0.3, -0.25) is 0 Å². The lowest BCUT2D eigenvalue weighted by Gasteiger charge is -2.11. The Morgan fingerprint density at radius 3 is 3.42 bits per heavy atom. The van der Waals surface area contributed by atoms with E-state index < -0.39 is 0 Å². The van der Waals surface area contributed by atoms with Crippen molar-refractivity contribution in [2.75, 3.05) is 13.2 Å². The maximum Gasteiger partial charge on any atom is 0.104 e. The van der Waals surface area contributed by atoms with Gasteiger partial charge in [0.1, 0.15) is 6.10 Å². The summed E-state index contributed by atoms with van der Waals surface area (Å²) in [6, 6.07) is 2.19. The Balaban J connectivity index is 2.29. The minimum Gasteiger partial charge on any atom is -0.371 e. The van der Waals surface area contributed by atoms with Crippen LogP contribution >= 0.6 is 11.3 Å². The second-order valence-electron chi connectivity index (χ2n) is 3.01. The Hall–Kier alpha value is -0.380. The second-order valence-corrected chi connectivity index (χ2v) is 3.96. The van der Waals surface area contributed by atoms with E-state index in [0.717, 1.165) is 19.4 Å². The van der Waals surface area contributed by atoms with Gasteiger partial charge in [-0.15, -0.1) is 11.3 Å². The van der Waals surface area contributed by atoms with Crippen LogP contribution in [-0.4, -0.2) is 13.2 Å². The van der Waals surface area contributed by atoms with E-state index in [2.05, 4.69) is 11.4 Å². The fourth-order valence-corrected chi connectivity index (χ4v) is 2.59. The number of thiophene rings is 1. The first kappa shape index (κ1) is 8.23. The van der Waals surface area contributed by atoms with Gasteiger partial charge < -0.3 is 10.5 Å². The van der Waals surface area contributed by atoms with Crippen molar-refractivity contribution < 1.29 is 4.74 Å². The van der Waals surface area contributed by atoms with Gasteiger partial charge in [0.2, 0.25) is 0 Å². The summed E-state index contributed by atoms with van der Waals surface area (Å²) >= 11 is 1.77. The highest BCUT2D eigenvalue weighted by molar-refractivity contribution is 7.10. The van der Waals surface area contributed by atoms with Gasteiger partial charge in [0, 0.05) is 18.0 Å². The lowest BCUT2D eigenvalue weighted by atomic mass is 10.1. The van der Waals surface area contributed by atoms with Gasteiger partial charge in [-0.25, -0.2) is 0 Å². The van der Waals surface area contributed by atoms with E-state index in [-0.39, 0.29) is 6.10 Å². The third kappa shape index (κ3) is 1.40. The van der Waals surface area contributed by atoms with Gasteiger partial charge in [0.05, 0.1) is 0 Å². The molecule has 0 unspecified atom stereocenters. The van der Waals surface area contributed by atoms with Crippen molar-refractivity contribution in [3.63, 3.8) is 0 Å². The van der Waals surface area contributed by atoms with E-state index in [1.165, 1.54) is 10.4 Å². The minimum absolute atomic E-state index is 0.155. The zero-order valence-electron chi connectivity index (χ0n) is 6.95. The number of rotatable bonds is 1. The maximum absolute atomic E-state index is 5.63. The number of nitrogens with two attached hydrogens (primary N) is 1. The molecule has 1 aliphatic heterocycles. The average molecular weight is 183 g/mol. The highest BCUT2D eigenvalue weighted by atomic mass is 32.1. The van der Waals surface area contributed by atoms with Crippen molar-refractivity contribution in [3.8, 4) is 0 Å². The van der Waals surface area contributed by atoms with Crippen LogP contribution in [0, 0.1) is 0 Å². The van der Waals surface area contributed by atoms with Gasteiger partial charge in [0.25, 0.3) is 0 Å². The second kappa shape index (κ2) is 3.56. The van der Waals surface area contributed by atoms with Gasteiger partial charge in [-0.2, -0.15) is 0 Å². The van der Waals surface area contributed by atoms with E-state index in [0.29, 0.717) is 6.54 Å². The Morgan fingerprint density at radius 1 is 1.67 bits per heavy atom. The summed E-state index contributed by atoms with van der Waals surface area (Å²) in [5.41, 5.74) is 7.07. The molecular weight excluding hydrogens is 170 g/mol. The summed E-state index contributed by atoms with van der Waals surface area (Å²) in [4.78, 5) is 1.34. The Labute approximate surface area is 76.3 Å². The molecule has 66 valence electrons. The molecule has 3 heteroatoms. The molecule has 0 saturated heterocycles. The maximum atomic E-state index is 5.63. The summed E-state index contributed by atoms with van der Waals surface area (Å²) in [7, 11) is 0. The van der Waals surface area contributed by atoms with Crippen molar-refractivity contribution in [2.24, 2.45) is 5.73 Å². The van der Waals surface area contributed by atoms with Crippen LogP contribution in [-0.2, 0) is 11.2 Å². The summed E-state index contributed by atoms with van der Waals surface area (Å²) in [6.07, 6.45) is 2.43. The molecule has 0 spiro atoms. The van der Waals surface area contributed by atoms with Crippen molar-refractivity contribution in [1.82, 2.24) is 0 Å². The van der Waals surface area contributed by atoms with Crippen LogP contribution in [0.5, 0.6) is 0 Å². The Bertz CT molecular complexity index is 259. The molecule has 1 atom stereocenters. The van der Waals surface area contributed by atoms with Gasteiger partial charge >= 0.3 is 0 Å². The number of hydrogen-bond acceptors (Lipinski definition) is 3. The highest BCUT2D eigenvalue weighted by Crippen LogP contribution is 2.30. The van der Waals surface area contributed by atoms with Gasteiger partial charge in [-0.1, -0.05) is 0 Å². The van der Waals surface area contributed by atoms with Gasteiger partial charge in [0.15, 0.2) is 0 Å². The lowest BCUT2D eigenvalue weighted by Crippen LogP contribution is -2.14. The van der Waals surface area contributed by atoms with Gasteiger partial charge in [-0.05, 0) is 29.9 Å². The largest absolute Gasteiger partial charge is 0.371 e. The molecule has 0 saturated carbocycles. The molecule has 0 aliphatic carbocycles. The highest BCUT2D eigenvalue weighted by Gasteiger charge is 2.18. The van der Waals surface area contributed by atoms with Crippen molar-refractivity contribution in [3.05, 3.63) is 21.9 Å². The quantitative estimate of drug-likeness (QED) is 0.719. The number of ether oxygens (including phenoxy) is 1. The molecule has 12 heavy (non-hydrogen) atoms. The van der Waals surface area contributed by atoms with Crippen molar-refractivity contribution >= 4 is 11.3 Å². The first-order valence-corrected chi connectivity index (χ1v) is 5.17. The molecule has 0 fully saturated rings. The smallest absolute Gasteiger partial charge is 0.104 e. The molecule has 2 rings (SSSR count). The Morgan fingerprint density at radius 2 is 2.58 bits per heavy atom. The topological polar surface area (TPSA) is 35.2 Å². The molecule has 0 radical (unpaired) electrons. The molecule has 2 heterocycles. The third-order valence-corrected chi connectivity index (χ3v) is 3.25. The molecule has 1 aliphatic rings.